The first kappa shape index (κ1) is 37.2. The van der Waals surface area contributed by atoms with Crippen LogP contribution in [0.5, 0.6) is 0 Å². The monoisotopic (exact) mass is 670 g/mol. The Hall–Kier alpha value is -2.04. The lowest BCUT2D eigenvalue weighted by molar-refractivity contribution is -0.462. The molecule has 1 aromatic rings. The molecule has 2 heterocycles. The molecule has 5 nitrogen and oxygen atoms in total. The van der Waals surface area contributed by atoms with E-state index in [1.165, 1.54) is 0 Å². The van der Waals surface area contributed by atoms with Gasteiger partial charge < -0.3 is 14.4 Å². The Kier molecular flexibility index (Phi) is 8.85. The Morgan fingerprint density at radius 1 is 0.698 bits per heavy atom. The molecule has 1 aliphatic rings. The lowest BCUT2D eigenvalue weighted by atomic mass is 9.82. The van der Waals surface area contributed by atoms with E-state index in [9.17, 15) is 79.7 Å². The molecule has 250 valence electrons. The van der Waals surface area contributed by atoms with Gasteiger partial charge in [0.1, 0.15) is 0 Å². The van der Waals surface area contributed by atoms with Gasteiger partial charge in [0.15, 0.2) is 0 Å². The zero-order valence-electron chi connectivity index (χ0n) is 21.8. The van der Waals surface area contributed by atoms with Crippen molar-refractivity contribution in [2.75, 3.05) is 0 Å². The smallest absolute Gasteiger partial charge is 0.399 e. The highest BCUT2D eigenvalue weighted by Gasteiger charge is 2.95. The van der Waals surface area contributed by atoms with Gasteiger partial charge in [-0.3, -0.25) is 4.68 Å². The summed E-state index contributed by atoms with van der Waals surface area (Å²) in [5.41, 5.74) is -1.79. The molecule has 1 atom stereocenters. The highest BCUT2D eigenvalue weighted by Crippen LogP contribution is 2.64. The summed E-state index contributed by atoms with van der Waals surface area (Å²) in [5.74, 6) is -57.2. The average molecular weight is 670 g/mol. The van der Waals surface area contributed by atoms with Gasteiger partial charge in [-0.2, -0.15) is 79.7 Å². The minimum atomic E-state index is -8.71. The van der Waals surface area contributed by atoms with Gasteiger partial charge in [-0.25, -0.2) is 0 Å². The van der Waals surface area contributed by atoms with E-state index in [1.807, 2.05) is 0 Å². The van der Waals surface area contributed by atoms with Crippen molar-refractivity contribution in [3.05, 3.63) is 12.4 Å². The summed E-state index contributed by atoms with van der Waals surface area (Å²) in [6.07, 6.45) is -11.9. The second-order valence-electron chi connectivity index (χ2n) is 10.6. The molecule has 1 fully saturated rings. The van der Waals surface area contributed by atoms with Gasteiger partial charge in [-0.15, -0.1) is 0 Å². The van der Waals surface area contributed by atoms with Crippen LogP contribution in [-0.4, -0.2) is 86.9 Å². The van der Waals surface area contributed by atoms with E-state index in [2.05, 4.69) is 5.10 Å². The number of aliphatic hydroxyl groups is 1. The fourth-order valence-electron chi connectivity index (χ4n) is 3.48. The number of nitrogens with zero attached hydrogens (tertiary/aromatic N) is 2. The van der Waals surface area contributed by atoms with Gasteiger partial charge in [-0.1, -0.05) is 0 Å². The van der Waals surface area contributed by atoms with Crippen LogP contribution < -0.4 is 5.46 Å². The van der Waals surface area contributed by atoms with E-state index < -0.39 is 85.0 Å². The van der Waals surface area contributed by atoms with Crippen molar-refractivity contribution in [1.82, 2.24) is 9.78 Å². The van der Waals surface area contributed by atoms with Crippen molar-refractivity contribution in [2.45, 2.75) is 106 Å². The molecule has 0 spiro atoms. The molecule has 43 heavy (non-hydrogen) atoms. The minimum Gasteiger partial charge on any atom is -0.399 e. The van der Waals surface area contributed by atoms with E-state index in [0.29, 0.717) is 4.68 Å². The third kappa shape index (κ3) is 5.54. The van der Waals surface area contributed by atoms with Crippen LogP contribution in [0.25, 0.3) is 0 Å². The summed E-state index contributed by atoms with van der Waals surface area (Å²) in [7, 11) is -1.16. The van der Waals surface area contributed by atoms with Crippen molar-refractivity contribution < 1.29 is 89.1 Å². The normalized spacial score (nSPS) is 20.1. The summed E-state index contributed by atoms with van der Waals surface area (Å²) < 4.78 is 239. The third-order valence-electron chi connectivity index (χ3n) is 6.86. The lowest BCUT2D eigenvalue weighted by Crippen LogP contribution is -2.74. The second kappa shape index (κ2) is 10.2. The van der Waals surface area contributed by atoms with Gasteiger partial charge in [0.25, 0.3) is 0 Å². The maximum atomic E-state index is 14.2. The molecule has 23 heteroatoms. The molecule has 1 aromatic heterocycles. The molecule has 1 saturated heterocycles. The first-order valence-electron chi connectivity index (χ1n) is 11.4. The largest absolute Gasteiger partial charge is 0.498 e. The molecule has 1 aliphatic heterocycles. The summed E-state index contributed by atoms with van der Waals surface area (Å²) in [4.78, 5) is 0. The number of halogens is 17. The molecule has 1 N–H and O–H groups in total. The number of aromatic nitrogens is 2. The highest BCUT2D eigenvalue weighted by molar-refractivity contribution is 6.62. The van der Waals surface area contributed by atoms with Crippen LogP contribution >= 0.6 is 0 Å². The summed E-state index contributed by atoms with van der Waals surface area (Å²) in [6.45, 7) is 5.14. The maximum Gasteiger partial charge on any atom is 0.498 e. The third-order valence-corrected chi connectivity index (χ3v) is 6.86. The summed E-state index contributed by atoms with van der Waals surface area (Å²) in [6, 6.07) is 0. The Morgan fingerprint density at radius 3 is 1.47 bits per heavy atom. The standard InChI is InChI=1S/C20H20BF17N2O3/c1-11(2)12(3,4)43-21(42-11)9-6-39-40(7-9)8-10(41)5-13(22,23)14(24,25)15(26,27)16(28,29)17(30,31)18(32,33)19(34,35)20(36,37)38/h6-7,10,41H,5,8H2,1-4H3. The number of alkyl halides is 17. The van der Waals surface area contributed by atoms with Crippen molar-refractivity contribution in [3.8, 4) is 0 Å². The Morgan fingerprint density at radius 2 is 1.07 bits per heavy atom. The van der Waals surface area contributed by atoms with Crippen LogP contribution in [0.2, 0.25) is 0 Å². The van der Waals surface area contributed by atoms with Gasteiger partial charge in [0.05, 0.1) is 23.9 Å². The van der Waals surface area contributed by atoms with Crippen LogP contribution in [0.3, 0.4) is 0 Å². The van der Waals surface area contributed by atoms with Crippen molar-refractivity contribution in [1.29, 1.82) is 0 Å². The van der Waals surface area contributed by atoms with Crippen molar-refractivity contribution in [2.24, 2.45) is 0 Å². The van der Waals surface area contributed by atoms with E-state index in [1.54, 1.807) is 27.7 Å². The number of hydrogen-bond acceptors (Lipinski definition) is 4. The first-order valence-corrected chi connectivity index (χ1v) is 11.4. The molecule has 0 aliphatic carbocycles. The molecule has 0 amide bonds. The van der Waals surface area contributed by atoms with Crippen molar-refractivity contribution in [3.63, 3.8) is 0 Å². The number of hydrogen-bond donors (Lipinski definition) is 1. The van der Waals surface area contributed by atoms with Crippen LogP contribution in [0.15, 0.2) is 12.4 Å². The predicted octanol–water partition coefficient (Wildman–Crippen LogP) is 5.94. The first-order chi connectivity index (χ1) is 18.6. The molecule has 0 saturated carbocycles. The molecule has 1 unspecified atom stereocenters. The fourth-order valence-corrected chi connectivity index (χ4v) is 3.48. The van der Waals surface area contributed by atoms with Gasteiger partial charge >= 0.3 is 54.8 Å². The van der Waals surface area contributed by atoms with Crippen LogP contribution in [-0.2, 0) is 15.9 Å². The fraction of sp³-hybridized carbons (Fsp3) is 0.850. The number of aliphatic hydroxyl groups excluding tert-OH is 1. The minimum absolute atomic E-state index is 0.0351. The molecular formula is C20H20BF17N2O3. The SMILES string of the molecule is CC1(C)OB(c2cnn(CC(O)CC(F)(F)C(F)(F)C(F)(F)C(F)(F)C(F)(F)C(F)(F)C(F)(F)C(F)(F)F)c2)OC1(C)C. The highest BCUT2D eigenvalue weighted by atomic mass is 19.4. The topological polar surface area (TPSA) is 56.5 Å². The Bertz CT molecular complexity index is 1150. The lowest BCUT2D eigenvalue weighted by Gasteiger charge is -2.43. The Labute approximate surface area is 230 Å². The summed E-state index contributed by atoms with van der Waals surface area (Å²) in [5, 5.41) is 13.3. The predicted molar refractivity (Wildman–Crippen MR) is 109 cm³/mol. The van der Waals surface area contributed by atoms with Crippen LogP contribution in [0.1, 0.15) is 34.1 Å². The molecular weight excluding hydrogens is 650 g/mol. The zero-order valence-corrected chi connectivity index (χ0v) is 21.8. The van der Waals surface area contributed by atoms with Gasteiger partial charge in [-0.05, 0) is 27.7 Å². The van der Waals surface area contributed by atoms with Crippen molar-refractivity contribution >= 4 is 12.6 Å². The molecule has 0 aromatic carbocycles. The second-order valence-corrected chi connectivity index (χ2v) is 10.6. The van der Waals surface area contributed by atoms with E-state index in [4.69, 9.17) is 9.31 Å². The summed E-state index contributed by atoms with van der Waals surface area (Å²) >= 11 is 0. The van der Waals surface area contributed by atoms with E-state index in [-0.39, 0.29) is 5.46 Å². The van der Waals surface area contributed by atoms with Crippen LogP contribution in [0.4, 0.5) is 74.6 Å². The molecule has 0 bridgehead atoms. The van der Waals surface area contributed by atoms with Crippen LogP contribution in [0, 0.1) is 0 Å². The zero-order chi connectivity index (χ0) is 34.3. The molecule has 0 radical (unpaired) electrons. The average Bonchev–Trinajstić information content (AvgIpc) is 3.32. The number of rotatable bonds is 11. The van der Waals surface area contributed by atoms with E-state index in [0.717, 1.165) is 12.4 Å². The van der Waals surface area contributed by atoms with E-state index >= 15 is 0 Å². The molecule has 2 rings (SSSR count). The van der Waals surface area contributed by atoms with Gasteiger partial charge in [0, 0.05) is 24.3 Å². The Balaban J connectivity index is 2.31. The maximum absolute atomic E-state index is 14.2. The van der Waals surface area contributed by atoms with Gasteiger partial charge in [0.2, 0.25) is 0 Å². The quantitative estimate of drug-likeness (QED) is 0.234.